The molecule has 0 radical (unpaired) electrons. The topological polar surface area (TPSA) is 64.1 Å². The molecule has 0 unspecified atom stereocenters. The van der Waals surface area contributed by atoms with Crippen molar-refractivity contribution in [2.45, 2.75) is 51.6 Å². The first-order valence-electron chi connectivity index (χ1n) is 8.34. The van der Waals surface area contributed by atoms with Crippen molar-refractivity contribution >= 4 is 11.4 Å². The highest BCUT2D eigenvalue weighted by Gasteiger charge is 2.28. The number of hydrogen-bond acceptors (Lipinski definition) is 3. The van der Waals surface area contributed by atoms with Gasteiger partial charge in [-0.25, -0.2) is 0 Å². The van der Waals surface area contributed by atoms with Crippen molar-refractivity contribution in [2.24, 2.45) is 5.73 Å². The largest absolute Gasteiger partial charge is 0.399 e. The number of rotatable bonds is 6. The van der Waals surface area contributed by atoms with E-state index in [-0.39, 0.29) is 11.1 Å². The predicted molar refractivity (Wildman–Crippen MR) is 100 cm³/mol. The Balaban J connectivity index is 2.30. The lowest BCUT2D eigenvalue weighted by Crippen LogP contribution is -2.34. The van der Waals surface area contributed by atoms with Crippen LogP contribution in [-0.4, -0.2) is 0 Å². The van der Waals surface area contributed by atoms with Crippen molar-refractivity contribution in [1.29, 1.82) is 0 Å². The van der Waals surface area contributed by atoms with Crippen molar-refractivity contribution in [2.75, 3.05) is 11.1 Å². The molecule has 2 aromatic carbocycles. The van der Waals surface area contributed by atoms with E-state index in [0.717, 1.165) is 29.8 Å². The zero-order valence-electron chi connectivity index (χ0n) is 14.7. The van der Waals surface area contributed by atoms with Gasteiger partial charge in [0.25, 0.3) is 0 Å². The second-order valence-corrected chi connectivity index (χ2v) is 6.84. The molecule has 0 spiro atoms. The lowest BCUT2D eigenvalue weighted by atomic mass is 9.84. The number of nitrogens with one attached hydrogen (secondary N) is 1. The van der Waals surface area contributed by atoms with E-state index >= 15 is 0 Å². The van der Waals surface area contributed by atoms with E-state index in [2.05, 4.69) is 55.6 Å². The predicted octanol–water partition coefficient (Wildman–Crippen LogP) is 4.59. The molecule has 0 saturated carbocycles. The smallest absolute Gasteiger partial charge is 0.0620 e. The molecule has 0 bridgehead atoms. The van der Waals surface area contributed by atoms with Crippen molar-refractivity contribution in [3.05, 3.63) is 59.7 Å². The van der Waals surface area contributed by atoms with Crippen LogP contribution in [0.5, 0.6) is 0 Å². The molecule has 5 N–H and O–H groups in total. The fourth-order valence-corrected chi connectivity index (χ4v) is 2.97. The fourth-order valence-electron chi connectivity index (χ4n) is 2.97. The standard InChI is InChI=1S/C20H29N3/c1-5-20(6-2,16-7-11-17(21)12-8-16)23-18-13-9-15(10-14-18)19(3,4)22/h7-14,23H,5-6,21-22H2,1-4H3. The average molecular weight is 311 g/mol. The molecule has 0 saturated heterocycles. The van der Waals surface area contributed by atoms with Gasteiger partial charge in [-0.1, -0.05) is 38.1 Å². The van der Waals surface area contributed by atoms with Gasteiger partial charge in [0.05, 0.1) is 5.54 Å². The van der Waals surface area contributed by atoms with Crippen LogP contribution in [0.15, 0.2) is 48.5 Å². The Morgan fingerprint density at radius 3 is 1.74 bits per heavy atom. The summed E-state index contributed by atoms with van der Waals surface area (Å²) in [4.78, 5) is 0. The number of hydrogen-bond donors (Lipinski definition) is 3. The summed E-state index contributed by atoms with van der Waals surface area (Å²) in [6.45, 7) is 8.47. The van der Waals surface area contributed by atoms with Crippen molar-refractivity contribution in [3.8, 4) is 0 Å². The van der Waals surface area contributed by atoms with Crippen LogP contribution < -0.4 is 16.8 Å². The van der Waals surface area contributed by atoms with E-state index in [1.165, 1.54) is 5.56 Å². The maximum absolute atomic E-state index is 6.16. The molecule has 0 amide bonds. The lowest BCUT2D eigenvalue weighted by Gasteiger charge is -2.35. The molecule has 124 valence electrons. The first-order valence-corrected chi connectivity index (χ1v) is 8.34. The molecule has 0 aromatic heterocycles. The van der Waals surface area contributed by atoms with Gasteiger partial charge in [0, 0.05) is 16.9 Å². The summed E-state index contributed by atoms with van der Waals surface area (Å²) in [5, 5.41) is 3.72. The molecule has 2 aromatic rings. The summed E-state index contributed by atoms with van der Waals surface area (Å²) >= 11 is 0. The van der Waals surface area contributed by atoms with Gasteiger partial charge in [-0.05, 0) is 62.1 Å². The molecule has 0 atom stereocenters. The molecule has 0 heterocycles. The van der Waals surface area contributed by atoms with Gasteiger partial charge in [-0.15, -0.1) is 0 Å². The van der Waals surface area contributed by atoms with Crippen LogP contribution in [-0.2, 0) is 11.1 Å². The minimum atomic E-state index is -0.317. The van der Waals surface area contributed by atoms with Crippen LogP contribution >= 0.6 is 0 Å². The Hall–Kier alpha value is -2.00. The van der Waals surface area contributed by atoms with E-state index in [9.17, 15) is 0 Å². The average Bonchev–Trinajstić information content (AvgIpc) is 2.53. The van der Waals surface area contributed by atoms with E-state index < -0.39 is 0 Å². The van der Waals surface area contributed by atoms with Crippen molar-refractivity contribution in [3.63, 3.8) is 0 Å². The SMILES string of the molecule is CCC(CC)(Nc1ccc(C(C)(C)N)cc1)c1ccc(N)cc1. The van der Waals surface area contributed by atoms with Gasteiger partial charge in [0.1, 0.15) is 0 Å². The Morgan fingerprint density at radius 2 is 1.30 bits per heavy atom. The van der Waals surface area contributed by atoms with Crippen LogP contribution in [0, 0.1) is 0 Å². The minimum Gasteiger partial charge on any atom is -0.399 e. The monoisotopic (exact) mass is 311 g/mol. The Morgan fingerprint density at radius 1 is 0.826 bits per heavy atom. The van der Waals surface area contributed by atoms with Crippen LogP contribution in [0.2, 0.25) is 0 Å². The normalized spacial score (nSPS) is 12.2. The van der Waals surface area contributed by atoms with Gasteiger partial charge < -0.3 is 16.8 Å². The van der Waals surface area contributed by atoms with Gasteiger partial charge >= 0.3 is 0 Å². The van der Waals surface area contributed by atoms with Crippen LogP contribution in [0.25, 0.3) is 0 Å². The number of nitrogen functional groups attached to an aromatic ring is 1. The molecule has 0 aliphatic rings. The molecule has 0 aliphatic heterocycles. The summed E-state index contributed by atoms with van der Waals surface area (Å²) in [6, 6.07) is 16.6. The highest BCUT2D eigenvalue weighted by molar-refractivity contribution is 5.51. The summed E-state index contributed by atoms with van der Waals surface area (Å²) in [5.74, 6) is 0. The van der Waals surface area contributed by atoms with E-state index in [1.54, 1.807) is 0 Å². The maximum Gasteiger partial charge on any atom is 0.0620 e. The molecule has 3 nitrogen and oxygen atoms in total. The van der Waals surface area contributed by atoms with Crippen molar-refractivity contribution in [1.82, 2.24) is 0 Å². The van der Waals surface area contributed by atoms with Crippen LogP contribution in [0.4, 0.5) is 11.4 Å². The molecule has 2 rings (SSSR count). The van der Waals surface area contributed by atoms with E-state index in [1.807, 2.05) is 26.0 Å². The maximum atomic E-state index is 6.16. The summed E-state index contributed by atoms with van der Waals surface area (Å²) in [7, 11) is 0. The van der Waals surface area contributed by atoms with Crippen LogP contribution in [0.3, 0.4) is 0 Å². The highest BCUT2D eigenvalue weighted by atomic mass is 15.0. The molecule has 0 fully saturated rings. The summed E-state index contributed by atoms with van der Waals surface area (Å²) < 4.78 is 0. The highest BCUT2D eigenvalue weighted by Crippen LogP contribution is 2.34. The third-order valence-electron chi connectivity index (χ3n) is 4.68. The Labute approximate surface area is 140 Å². The van der Waals surface area contributed by atoms with E-state index in [4.69, 9.17) is 11.5 Å². The molecule has 3 heteroatoms. The quantitative estimate of drug-likeness (QED) is 0.684. The second kappa shape index (κ2) is 6.63. The number of anilines is 2. The third-order valence-corrected chi connectivity index (χ3v) is 4.68. The first kappa shape index (κ1) is 17.4. The Bertz CT molecular complexity index is 617. The third kappa shape index (κ3) is 3.85. The zero-order valence-corrected chi connectivity index (χ0v) is 14.7. The van der Waals surface area contributed by atoms with Crippen molar-refractivity contribution < 1.29 is 0 Å². The summed E-state index contributed by atoms with van der Waals surface area (Å²) in [6.07, 6.45) is 2.00. The fraction of sp³-hybridized carbons (Fsp3) is 0.400. The van der Waals surface area contributed by atoms with E-state index in [0.29, 0.717) is 0 Å². The number of nitrogens with two attached hydrogens (primary N) is 2. The molecule has 23 heavy (non-hydrogen) atoms. The van der Waals surface area contributed by atoms with Gasteiger partial charge in [-0.2, -0.15) is 0 Å². The first-order chi connectivity index (χ1) is 10.8. The van der Waals surface area contributed by atoms with Gasteiger partial charge in [0.2, 0.25) is 0 Å². The second-order valence-electron chi connectivity index (χ2n) is 6.84. The van der Waals surface area contributed by atoms with Crippen LogP contribution in [0.1, 0.15) is 51.7 Å². The molecular weight excluding hydrogens is 282 g/mol. The molecular formula is C20H29N3. The molecule has 0 aliphatic carbocycles. The van der Waals surface area contributed by atoms with Gasteiger partial charge in [0.15, 0.2) is 0 Å². The number of benzene rings is 2. The summed E-state index contributed by atoms with van der Waals surface area (Å²) in [5.41, 5.74) is 15.9. The lowest BCUT2D eigenvalue weighted by molar-refractivity contribution is 0.455. The Kier molecular flexibility index (Phi) is 5.00. The zero-order chi connectivity index (χ0) is 17.1. The minimum absolute atomic E-state index is 0.0898. The van der Waals surface area contributed by atoms with Gasteiger partial charge in [-0.3, -0.25) is 0 Å².